The van der Waals surface area contributed by atoms with Crippen molar-refractivity contribution in [2.24, 2.45) is 23.7 Å². The van der Waals surface area contributed by atoms with E-state index < -0.39 is 0 Å². The van der Waals surface area contributed by atoms with Gasteiger partial charge in [0.05, 0.1) is 0 Å². The number of nitrogens with one attached hydrogen (secondary N) is 1. The molecule has 0 spiro atoms. The molecular formula is C19H33N. The van der Waals surface area contributed by atoms with Crippen molar-refractivity contribution < 1.29 is 0 Å². The van der Waals surface area contributed by atoms with E-state index in [0.717, 1.165) is 35.8 Å². The van der Waals surface area contributed by atoms with Crippen LogP contribution in [0.1, 0.15) is 83.5 Å². The molecule has 3 aliphatic carbocycles. The molecule has 1 N–H and O–H groups in total. The van der Waals surface area contributed by atoms with Crippen LogP contribution in [0.25, 0.3) is 0 Å². The lowest BCUT2D eigenvalue weighted by molar-refractivity contribution is 0.215. The molecule has 5 unspecified atom stereocenters. The van der Waals surface area contributed by atoms with Crippen LogP contribution in [-0.2, 0) is 0 Å². The normalized spacial score (nSPS) is 48.0. The van der Waals surface area contributed by atoms with Crippen LogP contribution in [0.2, 0.25) is 0 Å². The Labute approximate surface area is 125 Å². The summed E-state index contributed by atoms with van der Waals surface area (Å²) in [5, 5.41) is 3.99. The maximum absolute atomic E-state index is 3.99. The van der Waals surface area contributed by atoms with Crippen LogP contribution < -0.4 is 5.32 Å². The van der Waals surface area contributed by atoms with Crippen LogP contribution in [0.3, 0.4) is 0 Å². The Balaban J connectivity index is 1.26. The summed E-state index contributed by atoms with van der Waals surface area (Å²) in [4.78, 5) is 0. The molecule has 1 nitrogen and oxygen atoms in total. The van der Waals surface area contributed by atoms with Crippen molar-refractivity contribution in [1.82, 2.24) is 5.32 Å². The maximum Gasteiger partial charge on any atom is 0.00984 e. The molecule has 0 aromatic heterocycles. The number of hydrogen-bond donors (Lipinski definition) is 1. The molecule has 1 heterocycles. The number of hydrogen-bond acceptors (Lipinski definition) is 1. The van der Waals surface area contributed by atoms with Gasteiger partial charge in [-0.2, -0.15) is 0 Å². The average molecular weight is 275 g/mol. The van der Waals surface area contributed by atoms with Crippen LogP contribution in [-0.4, -0.2) is 12.1 Å². The van der Waals surface area contributed by atoms with Gasteiger partial charge in [0, 0.05) is 12.1 Å². The molecule has 4 fully saturated rings. The highest BCUT2D eigenvalue weighted by molar-refractivity contribution is 4.94. The van der Waals surface area contributed by atoms with Crippen molar-refractivity contribution in [1.29, 1.82) is 0 Å². The molecule has 4 aliphatic rings. The van der Waals surface area contributed by atoms with E-state index in [1.165, 1.54) is 57.8 Å². The smallest absolute Gasteiger partial charge is 0.00984 e. The Kier molecular flexibility index (Phi) is 4.07. The average Bonchev–Trinajstić information content (AvgIpc) is 3.08. The van der Waals surface area contributed by atoms with Crippen molar-refractivity contribution in [3.63, 3.8) is 0 Å². The Bertz CT molecular complexity index is 312. The molecule has 6 atom stereocenters. The van der Waals surface area contributed by atoms with Crippen molar-refractivity contribution in [3.05, 3.63) is 0 Å². The van der Waals surface area contributed by atoms with Gasteiger partial charge < -0.3 is 5.32 Å². The lowest BCUT2D eigenvalue weighted by Crippen LogP contribution is -2.33. The van der Waals surface area contributed by atoms with Crippen LogP contribution >= 0.6 is 0 Å². The number of rotatable bonds is 3. The second-order valence-corrected chi connectivity index (χ2v) is 8.37. The summed E-state index contributed by atoms with van der Waals surface area (Å²) in [7, 11) is 0. The first kappa shape index (κ1) is 13.6. The lowest BCUT2D eigenvalue weighted by atomic mass is 9.76. The largest absolute Gasteiger partial charge is 0.311 e. The molecule has 20 heavy (non-hydrogen) atoms. The molecule has 0 radical (unpaired) electrons. The summed E-state index contributed by atoms with van der Waals surface area (Å²) < 4.78 is 0. The zero-order chi connectivity index (χ0) is 13.4. The minimum absolute atomic E-state index is 0.880. The van der Waals surface area contributed by atoms with E-state index in [9.17, 15) is 0 Å². The monoisotopic (exact) mass is 275 g/mol. The van der Waals surface area contributed by atoms with Gasteiger partial charge >= 0.3 is 0 Å². The second-order valence-electron chi connectivity index (χ2n) is 8.37. The van der Waals surface area contributed by atoms with Crippen LogP contribution in [0.5, 0.6) is 0 Å². The van der Waals surface area contributed by atoms with Gasteiger partial charge in [-0.3, -0.25) is 0 Å². The molecule has 1 saturated heterocycles. The third-order valence-corrected chi connectivity index (χ3v) is 7.31. The zero-order valence-electron chi connectivity index (χ0n) is 13.2. The molecule has 0 amide bonds. The quantitative estimate of drug-likeness (QED) is 0.772. The van der Waals surface area contributed by atoms with Crippen molar-refractivity contribution in [2.45, 2.75) is 95.6 Å². The van der Waals surface area contributed by atoms with Gasteiger partial charge in [-0.1, -0.05) is 32.1 Å². The topological polar surface area (TPSA) is 12.0 Å². The van der Waals surface area contributed by atoms with Gasteiger partial charge in [0.15, 0.2) is 0 Å². The first-order valence-electron chi connectivity index (χ1n) is 9.66. The van der Waals surface area contributed by atoms with E-state index in [-0.39, 0.29) is 0 Å². The third-order valence-electron chi connectivity index (χ3n) is 7.31. The van der Waals surface area contributed by atoms with Crippen molar-refractivity contribution in [3.8, 4) is 0 Å². The Morgan fingerprint density at radius 3 is 2.40 bits per heavy atom. The van der Waals surface area contributed by atoms with Crippen LogP contribution in [0.15, 0.2) is 0 Å². The van der Waals surface area contributed by atoms with E-state index in [1.54, 1.807) is 25.7 Å². The van der Waals surface area contributed by atoms with Crippen molar-refractivity contribution >= 4 is 0 Å². The highest BCUT2D eigenvalue weighted by atomic mass is 15.0. The summed E-state index contributed by atoms with van der Waals surface area (Å²) in [5.74, 6) is 4.41. The fourth-order valence-electron chi connectivity index (χ4n) is 6.28. The van der Waals surface area contributed by atoms with Gasteiger partial charge in [0.25, 0.3) is 0 Å². The molecule has 0 bridgehead atoms. The molecule has 0 aromatic carbocycles. The van der Waals surface area contributed by atoms with Gasteiger partial charge in [-0.25, -0.2) is 0 Å². The zero-order valence-corrected chi connectivity index (χ0v) is 13.2. The SMILES string of the molecule is C1CCC2NC(CCC3CCC4CCCC[C@H]43)CC2C1. The fraction of sp³-hybridized carbons (Fsp3) is 1.00. The second kappa shape index (κ2) is 5.99. The van der Waals surface area contributed by atoms with Gasteiger partial charge in [-0.15, -0.1) is 0 Å². The summed E-state index contributed by atoms with van der Waals surface area (Å²) in [6.45, 7) is 0. The molecule has 3 saturated carbocycles. The van der Waals surface area contributed by atoms with E-state index in [0.29, 0.717) is 0 Å². The van der Waals surface area contributed by atoms with E-state index >= 15 is 0 Å². The first-order chi connectivity index (χ1) is 9.90. The summed E-state index contributed by atoms with van der Waals surface area (Å²) in [6.07, 6.45) is 19.8. The van der Waals surface area contributed by atoms with Crippen LogP contribution in [0, 0.1) is 23.7 Å². The highest BCUT2D eigenvalue weighted by Gasteiger charge is 2.39. The molecule has 1 aliphatic heterocycles. The van der Waals surface area contributed by atoms with Crippen molar-refractivity contribution in [2.75, 3.05) is 0 Å². The predicted octanol–water partition coefficient (Wildman–Crippen LogP) is 4.90. The minimum atomic E-state index is 0.880. The summed E-state index contributed by atoms with van der Waals surface area (Å²) >= 11 is 0. The maximum atomic E-state index is 3.99. The molecule has 1 heteroatoms. The molecular weight excluding hydrogens is 242 g/mol. The third kappa shape index (κ3) is 2.67. The Morgan fingerprint density at radius 1 is 0.700 bits per heavy atom. The summed E-state index contributed by atoms with van der Waals surface area (Å²) in [5.41, 5.74) is 0. The number of fused-ring (bicyclic) bond motifs is 2. The van der Waals surface area contributed by atoms with E-state index in [2.05, 4.69) is 5.32 Å². The summed E-state index contributed by atoms with van der Waals surface area (Å²) in [6, 6.07) is 1.78. The van der Waals surface area contributed by atoms with Gasteiger partial charge in [-0.05, 0) is 75.0 Å². The highest BCUT2D eigenvalue weighted by Crippen LogP contribution is 2.48. The van der Waals surface area contributed by atoms with Gasteiger partial charge in [0.2, 0.25) is 0 Å². The van der Waals surface area contributed by atoms with E-state index in [1.807, 2.05) is 0 Å². The minimum Gasteiger partial charge on any atom is -0.311 e. The van der Waals surface area contributed by atoms with Gasteiger partial charge in [0.1, 0.15) is 0 Å². The Hall–Kier alpha value is -0.0400. The first-order valence-corrected chi connectivity index (χ1v) is 9.66. The van der Waals surface area contributed by atoms with E-state index in [4.69, 9.17) is 0 Å². The Morgan fingerprint density at radius 2 is 1.50 bits per heavy atom. The van der Waals surface area contributed by atoms with Crippen LogP contribution in [0.4, 0.5) is 0 Å². The predicted molar refractivity (Wildman–Crippen MR) is 84.7 cm³/mol. The lowest BCUT2D eigenvalue weighted by Gasteiger charge is -2.29. The molecule has 4 rings (SSSR count). The molecule has 114 valence electrons. The molecule has 0 aromatic rings. The standard InChI is InChI=1S/C19H33N/c1-3-7-18-14(5-1)9-10-15(18)11-12-17-13-16-6-2-4-8-19(16)20-17/h14-20H,1-13H2/t14?,15?,16?,17?,18-,19?/m1/s1. The fourth-order valence-corrected chi connectivity index (χ4v) is 6.28.